The van der Waals surface area contributed by atoms with E-state index in [4.69, 9.17) is 11.6 Å². The van der Waals surface area contributed by atoms with E-state index < -0.39 is 16.1 Å². The summed E-state index contributed by atoms with van der Waals surface area (Å²) in [5, 5.41) is 6.12. The number of amides is 2. The van der Waals surface area contributed by atoms with Crippen LogP contribution < -0.4 is 15.4 Å². The van der Waals surface area contributed by atoms with Crippen LogP contribution in [-0.2, 0) is 16.4 Å². The molecule has 0 spiro atoms. The third-order valence-corrected chi connectivity index (χ3v) is 9.01. The van der Waals surface area contributed by atoms with Crippen LogP contribution in [0.25, 0.3) is 11.3 Å². The Balaban J connectivity index is 1.31. The Morgan fingerprint density at radius 3 is 2.07 bits per heavy atom. The molecule has 7 nitrogen and oxygen atoms in total. The van der Waals surface area contributed by atoms with E-state index in [1.54, 1.807) is 42.5 Å². The van der Waals surface area contributed by atoms with Gasteiger partial charge in [-0.15, -0.1) is 0 Å². The van der Waals surface area contributed by atoms with Gasteiger partial charge in [0, 0.05) is 23.2 Å². The molecule has 0 fully saturated rings. The Kier molecular flexibility index (Phi) is 10.5. The van der Waals surface area contributed by atoms with Gasteiger partial charge in [-0.3, -0.25) is 10.0 Å². The van der Waals surface area contributed by atoms with Gasteiger partial charge in [0.1, 0.15) is 15.8 Å². The fourth-order valence-corrected chi connectivity index (χ4v) is 6.83. The minimum atomic E-state index is -3.41. The maximum Gasteiger partial charge on any atom is 0.321 e. The molecule has 232 valence electrons. The highest BCUT2D eigenvalue weighted by molar-refractivity contribution is 7.92. The molecule has 1 heterocycles. The molecule has 5 aromatic rings. The molecule has 0 aliphatic heterocycles. The van der Waals surface area contributed by atoms with Crippen molar-refractivity contribution in [3.05, 3.63) is 136 Å². The summed E-state index contributed by atoms with van der Waals surface area (Å²) < 4.78 is 40.5. The van der Waals surface area contributed by atoms with E-state index in [1.165, 1.54) is 17.2 Å². The van der Waals surface area contributed by atoms with Gasteiger partial charge in [0.2, 0.25) is 10.0 Å². The summed E-state index contributed by atoms with van der Waals surface area (Å²) in [5.74, 6) is -0.221. The first kappa shape index (κ1) is 32.2. The van der Waals surface area contributed by atoms with Crippen molar-refractivity contribution in [3.63, 3.8) is 0 Å². The van der Waals surface area contributed by atoms with Crippen LogP contribution in [0.2, 0.25) is 4.34 Å². The van der Waals surface area contributed by atoms with E-state index in [0.29, 0.717) is 44.8 Å². The lowest BCUT2D eigenvalue weighted by molar-refractivity contribution is 0.247. The highest BCUT2D eigenvalue weighted by Crippen LogP contribution is 2.36. The van der Waals surface area contributed by atoms with Crippen molar-refractivity contribution in [1.82, 2.24) is 10.3 Å². The molecular formula is C34H32ClFN4O3S2. The standard InChI is InChI=1S/C34H32ClFN4O3S2/c1-45(42,43)40-27-18-16-25(17-19-27)31-32(35)44-34(38-31)39-33(41)37-28(22-26-14-8-9-15-30(26)36)20-21-29(23-10-4-2-5-11-23)24-12-6-3-7-13-24/h2-19,28-29,40H,20-22H2,1H3,(H2,37,38,39,41). The number of hydrogen-bond acceptors (Lipinski definition) is 5. The molecule has 45 heavy (non-hydrogen) atoms. The molecule has 4 aromatic carbocycles. The summed E-state index contributed by atoms with van der Waals surface area (Å²) in [6.07, 6.45) is 2.71. The van der Waals surface area contributed by atoms with Gasteiger partial charge in [-0.1, -0.05) is 114 Å². The van der Waals surface area contributed by atoms with Crippen LogP contribution >= 0.6 is 22.9 Å². The third kappa shape index (κ3) is 9.13. The Labute approximate surface area is 271 Å². The first-order valence-corrected chi connectivity index (χ1v) is 17.4. The average Bonchev–Trinajstić information content (AvgIpc) is 3.38. The van der Waals surface area contributed by atoms with Gasteiger partial charge in [0.15, 0.2) is 5.13 Å². The second-order valence-electron chi connectivity index (χ2n) is 10.6. The largest absolute Gasteiger partial charge is 0.335 e. The average molecular weight is 663 g/mol. The molecule has 5 rings (SSSR count). The van der Waals surface area contributed by atoms with E-state index in [1.807, 2.05) is 36.4 Å². The summed E-state index contributed by atoms with van der Waals surface area (Å²) >= 11 is 7.58. The molecule has 2 amide bonds. The summed E-state index contributed by atoms with van der Waals surface area (Å²) in [4.78, 5) is 17.8. The zero-order valence-electron chi connectivity index (χ0n) is 24.4. The molecule has 3 N–H and O–H groups in total. The van der Waals surface area contributed by atoms with Crippen LogP contribution in [0.4, 0.5) is 20.0 Å². The predicted molar refractivity (Wildman–Crippen MR) is 181 cm³/mol. The smallest absolute Gasteiger partial charge is 0.321 e. The van der Waals surface area contributed by atoms with E-state index >= 15 is 0 Å². The van der Waals surface area contributed by atoms with Crippen LogP contribution in [0.5, 0.6) is 0 Å². The SMILES string of the molecule is CS(=O)(=O)Nc1ccc(-c2nc(NC(=O)NC(CCC(c3ccccc3)c3ccccc3)Cc3ccccc3F)sc2Cl)cc1. The van der Waals surface area contributed by atoms with Crippen molar-refractivity contribution in [2.45, 2.75) is 31.2 Å². The second-order valence-corrected chi connectivity index (χ2v) is 14.0. The lowest BCUT2D eigenvalue weighted by Crippen LogP contribution is -2.39. The number of carbonyl (C=O) groups excluding carboxylic acids is 1. The lowest BCUT2D eigenvalue weighted by Gasteiger charge is -2.23. The molecule has 0 aliphatic carbocycles. The molecule has 1 aromatic heterocycles. The van der Waals surface area contributed by atoms with Crippen molar-refractivity contribution < 1.29 is 17.6 Å². The zero-order valence-corrected chi connectivity index (χ0v) is 26.8. The van der Waals surface area contributed by atoms with Crippen LogP contribution in [0, 0.1) is 5.82 Å². The number of nitrogens with zero attached hydrogens (tertiary/aromatic N) is 1. The number of anilines is 2. The predicted octanol–water partition coefficient (Wildman–Crippen LogP) is 8.32. The molecule has 11 heteroatoms. The van der Waals surface area contributed by atoms with Gasteiger partial charge in [-0.2, -0.15) is 0 Å². The van der Waals surface area contributed by atoms with Gasteiger partial charge in [-0.25, -0.2) is 22.6 Å². The minimum absolute atomic E-state index is 0.0970. The Bertz CT molecular complexity index is 1800. The molecule has 0 saturated heterocycles. The van der Waals surface area contributed by atoms with Crippen molar-refractivity contribution in [2.75, 3.05) is 16.3 Å². The number of halogens is 2. The monoisotopic (exact) mass is 662 g/mol. The Morgan fingerprint density at radius 1 is 0.867 bits per heavy atom. The summed E-state index contributed by atoms with van der Waals surface area (Å²) in [6.45, 7) is 0. The number of hydrogen-bond donors (Lipinski definition) is 3. The van der Waals surface area contributed by atoms with Gasteiger partial charge >= 0.3 is 6.03 Å². The van der Waals surface area contributed by atoms with Crippen LogP contribution in [0.15, 0.2) is 109 Å². The number of rotatable bonds is 12. The van der Waals surface area contributed by atoms with Crippen molar-refractivity contribution in [2.24, 2.45) is 0 Å². The van der Waals surface area contributed by atoms with Crippen LogP contribution in [0.3, 0.4) is 0 Å². The minimum Gasteiger partial charge on any atom is -0.335 e. The molecule has 0 radical (unpaired) electrons. The number of nitrogens with one attached hydrogen (secondary N) is 3. The molecule has 1 unspecified atom stereocenters. The Morgan fingerprint density at radius 2 is 1.47 bits per heavy atom. The topological polar surface area (TPSA) is 100 Å². The molecule has 1 atom stereocenters. The van der Waals surface area contributed by atoms with Crippen LogP contribution in [0.1, 0.15) is 35.4 Å². The highest BCUT2D eigenvalue weighted by Gasteiger charge is 2.21. The van der Waals surface area contributed by atoms with E-state index in [2.05, 4.69) is 44.6 Å². The number of benzene rings is 4. The molecule has 0 saturated carbocycles. The van der Waals surface area contributed by atoms with E-state index in [-0.39, 0.29) is 17.8 Å². The van der Waals surface area contributed by atoms with E-state index in [0.717, 1.165) is 24.0 Å². The summed E-state index contributed by atoms with van der Waals surface area (Å²) in [6, 6.07) is 32.8. The zero-order chi connectivity index (χ0) is 31.8. The maximum atomic E-state index is 14.7. The maximum absolute atomic E-state index is 14.7. The summed E-state index contributed by atoms with van der Waals surface area (Å²) in [7, 11) is -3.41. The third-order valence-electron chi connectivity index (χ3n) is 7.23. The number of sulfonamides is 1. The fraction of sp³-hybridized carbons (Fsp3) is 0.176. The number of aromatic nitrogens is 1. The van der Waals surface area contributed by atoms with E-state index in [9.17, 15) is 17.6 Å². The van der Waals surface area contributed by atoms with Crippen LogP contribution in [-0.4, -0.2) is 31.7 Å². The van der Waals surface area contributed by atoms with Gasteiger partial charge < -0.3 is 5.32 Å². The fourth-order valence-electron chi connectivity index (χ4n) is 5.18. The molecule has 0 aliphatic rings. The van der Waals surface area contributed by atoms with Gasteiger partial charge in [-0.05, 0) is 54.2 Å². The number of thiazole rings is 1. The highest BCUT2D eigenvalue weighted by atomic mass is 35.5. The van der Waals surface area contributed by atoms with Crippen molar-refractivity contribution in [1.29, 1.82) is 0 Å². The van der Waals surface area contributed by atoms with Gasteiger partial charge in [0.25, 0.3) is 0 Å². The first-order valence-electron chi connectivity index (χ1n) is 14.3. The lowest BCUT2D eigenvalue weighted by atomic mass is 9.85. The first-order chi connectivity index (χ1) is 21.6. The molecular weight excluding hydrogens is 631 g/mol. The van der Waals surface area contributed by atoms with Crippen molar-refractivity contribution in [3.8, 4) is 11.3 Å². The number of urea groups is 1. The summed E-state index contributed by atoms with van der Waals surface area (Å²) in [5.41, 5.74) is 4.39. The van der Waals surface area contributed by atoms with Crippen molar-refractivity contribution >= 4 is 49.8 Å². The Hall–Kier alpha value is -4.25. The molecule has 0 bridgehead atoms. The second kappa shape index (κ2) is 14.7. The quantitative estimate of drug-likeness (QED) is 0.125. The number of carbonyl (C=O) groups is 1. The normalized spacial score (nSPS) is 12.1. The van der Waals surface area contributed by atoms with Gasteiger partial charge in [0.05, 0.1) is 6.26 Å².